The lowest BCUT2D eigenvalue weighted by atomic mass is 9.89. The van der Waals surface area contributed by atoms with Crippen LogP contribution < -0.4 is 0 Å². The molecule has 1 radical (unpaired) electrons. The van der Waals surface area contributed by atoms with Gasteiger partial charge in [0.15, 0.2) is 0 Å². The van der Waals surface area contributed by atoms with Crippen molar-refractivity contribution in [2.24, 2.45) is 5.92 Å². The third-order valence-electron chi connectivity index (χ3n) is 3.78. The number of benzene rings is 1. The predicted molar refractivity (Wildman–Crippen MR) is 77.9 cm³/mol. The van der Waals surface area contributed by atoms with Crippen LogP contribution in [0.25, 0.3) is 0 Å². The maximum absolute atomic E-state index is 11.9. The average molecular weight is 275 g/mol. The SMILES string of the molecule is CC1CCC[C](OOC(=O)c2ccc(C(C)C)cc2)C1. The molecule has 0 amide bonds. The van der Waals surface area contributed by atoms with Crippen molar-refractivity contribution in [1.29, 1.82) is 0 Å². The van der Waals surface area contributed by atoms with E-state index in [1.807, 2.05) is 12.1 Å². The molecule has 109 valence electrons. The van der Waals surface area contributed by atoms with E-state index in [-0.39, 0.29) is 0 Å². The molecule has 20 heavy (non-hydrogen) atoms. The van der Waals surface area contributed by atoms with Gasteiger partial charge in [0.2, 0.25) is 0 Å². The fraction of sp³-hybridized carbons (Fsp3) is 0.529. The molecule has 1 aromatic rings. The summed E-state index contributed by atoms with van der Waals surface area (Å²) in [4.78, 5) is 22.0. The molecule has 1 fully saturated rings. The Morgan fingerprint density at radius 2 is 1.95 bits per heavy atom. The van der Waals surface area contributed by atoms with Crippen molar-refractivity contribution in [3.05, 3.63) is 41.5 Å². The van der Waals surface area contributed by atoms with Gasteiger partial charge in [0.1, 0.15) is 6.10 Å². The van der Waals surface area contributed by atoms with E-state index in [0.717, 1.165) is 25.4 Å². The van der Waals surface area contributed by atoms with Crippen LogP contribution in [0.2, 0.25) is 0 Å². The van der Waals surface area contributed by atoms with Crippen LogP contribution in [0.3, 0.4) is 0 Å². The summed E-state index contributed by atoms with van der Waals surface area (Å²) in [6.07, 6.45) is 4.99. The highest BCUT2D eigenvalue weighted by Crippen LogP contribution is 2.31. The first-order valence-corrected chi connectivity index (χ1v) is 7.39. The van der Waals surface area contributed by atoms with Gasteiger partial charge >= 0.3 is 5.97 Å². The van der Waals surface area contributed by atoms with Crippen molar-refractivity contribution in [3.8, 4) is 0 Å². The maximum atomic E-state index is 11.9. The molecular weight excluding hydrogens is 252 g/mol. The minimum Gasteiger partial charge on any atom is -0.292 e. The van der Waals surface area contributed by atoms with Crippen molar-refractivity contribution in [3.63, 3.8) is 0 Å². The van der Waals surface area contributed by atoms with Crippen molar-refractivity contribution in [2.75, 3.05) is 0 Å². The number of hydrogen-bond donors (Lipinski definition) is 0. The van der Waals surface area contributed by atoms with Crippen molar-refractivity contribution < 1.29 is 14.6 Å². The van der Waals surface area contributed by atoms with Crippen LogP contribution in [0.4, 0.5) is 0 Å². The van der Waals surface area contributed by atoms with Gasteiger partial charge < -0.3 is 0 Å². The van der Waals surface area contributed by atoms with E-state index < -0.39 is 5.97 Å². The zero-order valence-corrected chi connectivity index (χ0v) is 12.5. The monoisotopic (exact) mass is 275 g/mol. The van der Waals surface area contributed by atoms with Crippen molar-refractivity contribution in [2.45, 2.75) is 52.4 Å². The van der Waals surface area contributed by atoms with Gasteiger partial charge in [-0.3, -0.25) is 4.89 Å². The standard InChI is InChI=1S/C17H23O3/c1-12(2)14-7-9-15(10-8-14)17(18)20-19-16-6-4-5-13(3)11-16/h7-10,12-13H,4-6,11H2,1-3H3. The Morgan fingerprint density at radius 3 is 2.55 bits per heavy atom. The second kappa shape index (κ2) is 6.89. The van der Waals surface area contributed by atoms with Crippen LogP contribution in [0.1, 0.15) is 68.3 Å². The van der Waals surface area contributed by atoms with Gasteiger partial charge in [0.25, 0.3) is 0 Å². The quantitative estimate of drug-likeness (QED) is 0.593. The Morgan fingerprint density at radius 1 is 1.25 bits per heavy atom. The predicted octanol–water partition coefficient (Wildman–Crippen LogP) is 4.64. The molecule has 3 heteroatoms. The van der Waals surface area contributed by atoms with Crippen LogP contribution >= 0.6 is 0 Å². The summed E-state index contributed by atoms with van der Waals surface area (Å²) in [7, 11) is 0. The first kappa shape index (κ1) is 15.0. The molecule has 1 atom stereocenters. The summed E-state index contributed by atoms with van der Waals surface area (Å²) in [5, 5.41) is 0. The molecular formula is C17H23O3. The molecule has 1 saturated carbocycles. The fourth-order valence-corrected chi connectivity index (χ4v) is 2.47. The highest BCUT2D eigenvalue weighted by molar-refractivity contribution is 5.88. The molecule has 1 unspecified atom stereocenters. The molecule has 1 aliphatic rings. The maximum Gasteiger partial charge on any atom is 0.373 e. The molecule has 0 aliphatic heterocycles. The Balaban J connectivity index is 1.85. The first-order valence-electron chi connectivity index (χ1n) is 7.39. The van der Waals surface area contributed by atoms with Crippen LogP contribution in [0.15, 0.2) is 24.3 Å². The summed E-state index contributed by atoms with van der Waals surface area (Å²) < 4.78 is 0. The van der Waals surface area contributed by atoms with Gasteiger partial charge in [-0.1, -0.05) is 45.7 Å². The molecule has 0 aromatic heterocycles. The zero-order valence-electron chi connectivity index (χ0n) is 12.5. The van der Waals surface area contributed by atoms with Crippen LogP contribution in [0.5, 0.6) is 0 Å². The molecule has 3 nitrogen and oxygen atoms in total. The number of rotatable bonds is 4. The molecule has 0 N–H and O–H groups in total. The third-order valence-corrected chi connectivity index (χ3v) is 3.78. The highest BCUT2D eigenvalue weighted by Gasteiger charge is 2.23. The Bertz CT molecular complexity index is 436. The lowest BCUT2D eigenvalue weighted by Gasteiger charge is -2.23. The normalized spacial score (nSPS) is 20.1. The summed E-state index contributed by atoms with van der Waals surface area (Å²) in [6, 6.07) is 7.48. The van der Waals surface area contributed by atoms with Crippen LogP contribution in [-0.4, -0.2) is 5.97 Å². The third kappa shape index (κ3) is 4.07. The fourth-order valence-electron chi connectivity index (χ4n) is 2.47. The smallest absolute Gasteiger partial charge is 0.292 e. The van der Waals surface area contributed by atoms with E-state index in [1.165, 1.54) is 12.0 Å². The molecule has 1 aromatic carbocycles. The van der Waals surface area contributed by atoms with Gasteiger partial charge in [-0.2, -0.15) is 4.89 Å². The Hall–Kier alpha value is -1.35. The molecule has 0 spiro atoms. The molecule has 0 bridgehead atoms. The van der Waals surface area contributed by atoms with Crippen molar-refractivity contribution >= 4 is 5.97 Å². The van der Waals surface area contributed by atoms with Crippen LogP contribution in [0, 0.1) is 12.0 Å². The van der Waals surface area contributed by atoms with Crippen molar-refractivity contribution in [1.82, 2.24) is 0 Å². The summed E-state index contributed by atoms with van der Waals surface area (Å²) in [6.45, 7) is 6.43. The van der Waals surface area contributed by atoms with E-state index in [0.29, 0.717) is 17.4 Å². The van der Waals surface area contributed by atoms with Gasteiger partial charge in [0, 0.05) is 0 Å². The van der Waals surface area contributed by atoms with E-state index in [9.17, 15) is 4.79 Å². The van der Waals surface area contributed by atoms with Gasteiger partial charge in [-0.05, 0) is 42.4 Å². The van der Waals surface area contributed by atoms with E-state index in [4.69, 9.17) is 9.78 Å². The second-order valence-corrected chi connectivity index (χ2v) is 5.97. The molecule has 0 saturated heterocycles. The highest BCUT2D eigenvalue weighted by atomic mass is 17.2. The zero-order chi connectivity index (χ0) is 14.5. The molecule has 2 rings (SSSR count). The summed E-state index contributed by atoms with van der Waals surface area (Å²) >= 11 is 0. The number of carbonyl (C=O) groups excluding carboxylic acids is 1. The van der Waals surface area contributed by atoms with E-state index >= 15 is 0 Å². The Kier molecular flexibility index (Phi) is 5.18. The number of hydrogen-bond acceptors (Lipinski definition) is 3. The average Bonchev–Trinajstić information content (AvgIpc) is 2.45. The second-order valence-electron chi connectivity index (χ2n) is 5.97. The number of carbonyl (C=O) groups is 1. The van der Waals surface area contributed by atoms with Crippen LogP contribution in [-0.2, 0) is 9.78 Å². The largest absolute Gasteiger partial charge is 0.373 e. The first-order chi connectivity index (χ1) is 9.56. The molecule has 0 heterocycles. The summed E-state index contributed by atoms with van der Waals surface area (Å²) in [5.74, 6) is 0.643. The summed E-state index contributed by atoms with van der Waals surface area (Å²) in [5.41, 5.74) is 1.73. The topological polar surface area (TPSA) is 35.5 Å². The lowest BCUT2D eigenvalue weighted by Crippen LogP contribution is -2.16. The Labute approximate surface area is 121 Å². The minimum atomic E-state index is -0.425. The minimum absolute atomic E-state index is 0.425. The van der Waals surface area contributed by atoms with Gasteiger partial charge in [-0.15, -0.1) is 0 Å². The van der Waals surface area contributed by atoms with E-state index in [2.05, 4.69) is 20.8 Å². The molecule has 1 aliphatic carbocycles. The lowest BCUT2D eigenvalue weighted by molar-refractivity contribution is -0.241. The van der Waals surface area contributed by atoms with Gasteiger partial charge in [-0.25, -0.2) is 4.79 Å². The van der Waals surface area contributed by atoms with Gasteiger partial charge in [0.05, 0.1) is 5.56 Å². The van der Waals surface area contributed by atoms with E-state index in [1.54, 1.807) is 12.1 Å².